The molecule has 2 rings (SSSR count). The summed E-state index contributed by atoms with van der Waals surface area (Å²) in [5.41, 5.74) is 8.51. The molecule has 0 saturated heterocycles. The molecule has 0 bridgehead atoms. The standard InChI is InChI=1S/C25H34F3N5O5/c1-13(2)10-19(33-22(35)14(3)30)24(37)32-18(6-4-5-9-29)23(36)31-15-7-8-16-17(25(26,27)28)12-21(34)38-20(16)11-15/h7-8,11-14,18-19H,4-6,9-10,29-30H2,1-3H3,(H,31,36)(H,32,37)(H,33,35)/t14-,18+,19+/m1/s1. The molecular weight excluding hydrogens is 507 g/mol. The smallest absolute Gasteiger partial charge is 0.417 e. The van der Waals surface area contributed by atoms with E-state index in [-0.39, 0.29) is 29.0 Å². The number of amides is 3. The van der Waals surface area contributed by atoms with Gasteiger partial charge in [0, 0.05) is 23.2 Å². The van der Waals surface area contributed by atoms with Crippen molar-refractivity contribution in [1.82, 2.24) is 10.6 Å². The van der Waals surface area contributed by atoms with Crippen LogP contribution >= 0.6 is 0 Å². The van der Waals surface area contributed by atoms with Gasteiger partial charge in [0.1, 0.15) is 17.7 Å². The molecule has 38 heavy (non-hydrogen) atoms. The van der Waals surface area contributed by atoms with Crippen LogP contribution in [0.5, 0.6) is 0 Å². The lowest BCUT2D eigenvalue weighted by molar-refractivity contribution is -0.136. The third-order valence-corrected chi connectivity index (χ3v) is 5.65. The quantitative estimate of drug-likeness (QED) is 0.203. The Kier molecular flexibility index (Phi) is 10.8. The van der Waals surface area contributed by atoms with E-state index in [9.17, 15) is 32.3 Å². The minimum absolute atomic E-state index is 0.0393. The number of carbonyl (C=O) groups excluding carboxylic acids is 3. The monoisotopic (exact) mass is 541 g/mol. The van der Waals surface area contributed by atoms with Crippen LogP contribution in [0.2, 0.25) is 0 Å². The average Bonchev–Trinajstić information content (AvgIpc) is 2.81. The van der Waals surface area contributed by atoms with E-state index in [0.717, 1.165) is 12.1 Å². The number of nitrogens with two attached hydrogens (primary N) is 2. The Morgan fingerprint density at radius 3 is 2.21 bits per heavy atom. The van der Waals surface area contributed by atoms with E-state index in [1.165, 1.54) is 13.0 Å². The van der Waals surface area contributed by atoms with Gasteiger partial charge in [-0.15, -0.1) is 0 Å². The van der Waals surface area contributed by atoms with Crippen LogP contribution in [-0.2, 0) is 20.6 Å². The fourth-order valence-electron chi connectivity index (χ4n) is 3.74. The van der Waals surface area contributed by atoms with Crippen LogP contribution in [-0.4, -0.2) is 42.4 Å². The van der Waals surface area contributed by atoms with Crippen LogP contribution in [0.25, 0.3) is 11.0 Å². The van der Waals surface area contributed by atoms with E-state index < -0.39 is 53.2 Å². The molecule has 0 fully saturated rings. The summed E-state index contributed by atoms with van der Waals surface area (Å²) < 4.78 is 44.9. The van der Waals surface area contributed by atoms with Crippen LogP contribution in [0.4, 0.5) is 18.9 Å². The normalized spacial score (nSPS) is 14.1. The van der Waals surface area contributed by atoms with Crippen molar-refractivity contribution in [1.29, 1.82) is 0 Å². The number of nitrogens with one attached hydrogen (secondary N) is 3. The number of unbranched alkanes of at least 4 members (excludes halogenated alkanes) is 1. The second-order valence-corrected chi connectivity index (χ2v) is 9.50. The number of hydrogen-bond acceptors (Lipinski definition) is 7. The summed E-state index contributed by atoms with van der Waals surface area (Å²) in [6.07, 6.45) is -3.19. The van der Waals surface area contributed by atoms with Crippen molar-refractivity contribution >= 4 is 34.4 Å². The predicted octanol–water partition coefficient (Wildman–Crippen LogP) is 2.24. The van der Waals surface area contributed by atoms with Crippen LogP contribution in [0.15, 0.2) is 33.5 Å². The summed E-state index contributed by atoms with van der Waals surface area (Å²) in [7, 11) is 0. The fraction of sp³-hybridized carbons (Fsp3) is 0.520. The summed E-state index contributed by atoms with van der Waals surface area (Å²) in [4.78, 5) is 49.9. The van der Waals surface area contributed by atoms with Crippen LogP contribution < -0.4 is 33.0 Å². The molecule has 7 N–H and O–H groups in total. The van der Waals surface area contributed by atoms with E-state index >= 15 is 0 Å². The van der Waals surface area contributed by atoms with Crippen molar-refractivity contribution in [3.8, 4) is 0 Å². The van der Waals surface area contributed by atoms with Gasteiger partial charge in [0.15, 0.2) is 0 Å². The number of rotatable bonds is 12. The molecule has 0 unspecified atom stereocenters. The molecule has 0 spiro atoms. The molecule has 3 atom stereocenters. The fourth-order valence-corrected chi connectivity index (χ4v) is 3.74. The van der Waals surface area contributed by atoms with Crippen molar-refractivity contribution in [3.63, 3.8) is 0 Å². The molecule has 0 aliphatic carbocycles. The lowest BCUT2D eigenvalue weighted by Crippen LogP contribution is -2.55. The van der Waals surface area contributed by atoms with Gasteiger partial charge in [0.25, 0.3) is 0 Å². The van der Waals surface area contributed by atoms with E-state index in [2.05, 4.69) is 16.0 Å². The maximum atomic E-state index is 13.3. The van der Waals surface area contributed by atoms with E-state index in [1.54, 1.807) is 0 Å². The zero-order chi connectivity index (χ0) is 28.6. The van der Waals surface area contributed by atoms with Crippen molar-refractivity contribution in [2.75, 3.05) is 11.9 Å². The molecule has 0 aliphatic rings. The maximum Gasteiger partial charge on any atom is 0.417 e. The average molecular weight is 542 g/mol. The molecular formula is C25H34F3N5O5. The van der Waals surface area contributed by atoms with Gasteiger partial charge in [-0.2, -0.15) is 13.2 Å². The molecule has 3 amide bonds. The highest BCUT2D eigenvalue weighted by Crippen LogP contribution is 2.34. The van der Waals surface area contributed by atoms with Gasteiger partial charge in [0.2, 0.25) is 17.7 Å². The lowest BCUT2D eigenvalue weighted by atomic mass is 10.0. The van der Waals surface area contributed by atoms with Crippen LogP contribution in [0.1, 0.15) is 52.0 Å². The lowest BCUT2D eigenvalue weighted by Gasteiger charge is -2.25. The molecule has 210 valence electrons. The highest BCUT2D eigenvalue weighted by molar-refractivity contribution is 5.99. The highest BCUT2D eigenvalue weighted by atomic mass is 19.4. The van der Waals surface area contributed by atoms with Gasteiger partial charge in [-0.25, -0.2) is 4.79 Å². The maximum absolute atomic E-state index is 13.3. The number of anilines is 1. The molecule has 0 radical (unpaired) electrons. The largest absolute Gasteiger partial charge is 0.423 e. The summed E-state index contributed by atoms with van der Waals surface area (Å²) in [5, 5.41) is 7.45. The second-order valence-electron chi connectivity index (χ2n) is 9.50. The number of benzene rings is 1. The molecule has 13 heteroatoms. The Morgan fingerprint density at radius 2 is 1.63 bits per heavy atom. The number of hydrogen-bond donors (Lipinski definition) is 5. The minimum Gasteiger partial charge on any atom is -0.423 e. The van der Waals surface area contributed by atoms with Crippen molar-refractivity contribution < 1.29 is 32.0 Å². The van der Waals surface area contributed by atoms with E-state index in [4.69, 9.17) is 15.9 Å². The van der Waals surface area contributed by atoms with Gasteiger partial charge in [-0.3, -0.25) is 14.4 Å². The van der Waals surface area contributed by atoms with E-state index in [1.807, 2.05) is 13.8 Å². The second kappa shape index (κ2) is 13.4. The zero-order valence-corrected chi connectivity index (χ0v) is 21.5. The SMILES string of the molecule is CC(C)C[C@H](NC(=O)[C@@H](C)N)C(=O)N[C@@H](CCCCN)C(=O)Nc1ccc2c(C(F)(F)F)cc(=O)oc2c1. The Bertz CT molecular complexity index is 1200. The Labute approximate surface area is 217 Å². The zero-order valence-electron chi connectivity index (χ0n) is 21.5. The summed E-state index contributed by atoms with van der Waals surface area (Å²) >= 11 is 0. The number of alkyl halides is 3. The van der Waals surface area contributed by atoms with Crippen LogP contribution in [0.3, 0.4) is 0 Å². The predicted molar refractivity (Wildman–Crippen MR) is 136 cm³/mol. The Hall–Kier alpha value is -3.45. The van der Waals surface area contributed by atoms with Crippen molar-refractivity contribution in [2.45, 2.75) is 70.8 Å². The third-order valence-electron chi connectivity index (χ3n) is 5.65. The molecule has 1 aromatic heterocycles. The molecule has 1 aromatic carbocycles. The highest BCUT2D eigenvalue weighted by Gasteiger charge is 2.34. The molecule has 0 aliphatic heterocycles. The van der Waals surface area contributed by atoms with Crippen molar-refractivity contribution in [2.24, 2.45) is 17.4 Å². The first-order valence-corrected chi connectivity index (χ1v) is 12.2. The Balaban J connectivity index is 2.29. The molecule has 0 saturated carbocycles. The minimum atomic E-state index is -4.78. The number of halogens is 3. The van der Waals surface area contributed by atoms with Gasteiger partial charge in [0.05, 0.1) is 11.6 Å². The summed E-state index contributed by atoms with van der Waals surface area (Å²) in [6.45, 7) is 5.58. The van der Waals surface area contributed by atoms with Gasteiger partial charge in [-0.1, -0.05) is 13.8 Å². The topological polar surface area (TPSA) is 170 Å². The molecule has 2 aromatic rings. The molecule has 10 nitrogen and oxygen atoms in total. The summed E-state index contributed by atoms with van der Waals surface area (Å²) in [5.74, 6) is -1.71. The van der Waals surface area contributed by atoms with Crippen molar-refractivity contribution in [3.05, 3.63) is 40.2 Å². The van der Waals surface area contributed by atoms with Crippen LogP contribution in [0, 0.1) is 5.92 Å². The third kappa shape index (κ3) is 8.84. The Morgan fingerprint density at radius 1 is 0.974 bits per heavy atom. The first kappa shape index (κ1) is 30.8. The van der Waals surface area contributed by atoms with Gasteiger partial charge in [-0.05, 0) is 57.2 Å². The van der Waals surface area contributed by atoms with E-state index in [0.29, 0.717) is 31.9 Å². The van der Waals surface area contributed by atoms with Gasteiger partial charge >= 0.3 is 11.8 Å². The first-order chi connectivity index (χ1) is 17.7. The number of fused-ring (bicyclic) bond motifs is 1. The number of carbonyl (C=O) groups is 3. The van der Waals surface area contributed by atoms with Gasteiger partial charge < -0.3 is 31.8 Å². The molecule has 1 heterocycles. The first-order valence-electron chi connectivity index (χ1n) is 12.2. The summed E-state index contributed by atoms with van der Waals surface area (Å²) in [6, 6.07) is 0.967.